The lowest BCUT2D eigenvalue weighted by Crippen LogP contribution is -2.49. The Labute approximate surface area is 186 Å². The number of hydrogen-bond donors (Lipinski definition) is 4. The molecule has 1 unspecified atom stereocenters. The van der Waals surface area contributed by atoms with E-state index in [1.807, 2.05) is 36.4 Å². The average molecular weight is 462 g/mol. The van der Waals surface area contributed by atoms with E-state index in [1.54, 1.807) is 11.9 Å². The number of aromatic nitrogens is 4. The van der Waals surface area contributed by atoms with E-state index >= 15 is 0 Å². The number of anilines is 1. The summed E-state index contributed by atoms with van der Waals surface area (Å²) in [6.45, 7) is 3.64. The summed E-state index contributed by atoms with van der Waals surface area (Å²) in [7, 11) is -1.16. The third-order valence-electron chi connectivity index (χ3n) is 4.76. The minimum absolute atomic E-state index is 0.0887. The number of nitrogens with zero attached hydrogens (tertiary/aromatic N) is 3. The molecular formula is C19H23N7OS3. The topological polar surface area (TPSA) is 122 Å². The third-order valence-corrected chi connectivity index (χ3v) is 8.26. The van der Waals surface area contributed by atoms with Crippen LogP contribution in [0.4, 0.5) is 5.69 Å². The van der Waals surface area contributed by atoms with E-state index in [0.717, 1.165) is 64.5 Å². The molecule has 0 bridgehead atoms. The van der Waals surface area contributed by atoms with Crippen molar-refractivity contribution in [1.29, 1.82) is 0 Å². The van der Waals surface area contributed by atoms with Crippen molar-refractivity contribution in [1.82, 2.24) is 25.9 Å². The first-order chi connectivity index (χ1) is 14.7. The van der Waals surface area contributed by atoms with Crippen LogP contribution in [0.1, 0.15) is 13.3 Å². The molecule has 11 heteroatoms. The molecule has 4 rings (SSSR count). The molecular weight excluding hydrogens is 438 g/mol. The molecule has 1 aromatic heterocycles. The van der Waals surface area contributed by atoms with E-state index in [4.69, 9.17) is 5.14 Å². The molecule has 1 aliphatic rings. The number of rotatable bonds is 9. The van der Waals surface area contributed by atoms with Gasteiger partial charge in [0.15, 0.2) is 0 Å². The van der Waals surface area contributed by atoms with Gasteiger partial charge in [-0.05, 0) is 52.9 Å². The van der Waals surface area contributed by atoms with E-state index in [1.165, 1.54) is 0 Å². The van der Waals surface area contributed by atoms with E-state index < -0.39 is 10.8 Å². The van der Waals surface area contributed by atoms with Gasteiger partial charge in [-0.15, -0.1) is 10.2 Å². The third kappa shape index (κ3) is 4.40. The lowest BCUT2D eigenvalue weighted by molar-refractivity contribution is 0.525. The van der Waals surface area contributed by atoms with Crippen LogP contribution in [-0.4, -0.2) is 48.9 Å². The molecule has 1 fully saturated rings. The monoisotopic (exact) mass is 461 g/mol. The smallest absolute Gasteiger partial charge is 0.206 e. The SMILES string of the molecule is CCCSNc1ccc(-c2ccc(S(=O)C3CNC3)c(SN)c2-c2nn[nH]n2)cc1. The van der Waals surface area contributed by atoms with Gasteiger partial charge in [-0.1, -0.05) is 37.1 Å². The standard InChI is InChI=1S/C19H23N7OS3/c1-2-9-28-24-13-5-3-12(4-6-13)15-7-8-16(30(27)14-10-21-11-14)18(29-20)17(15)19-22-25-26-23-19/h3-8,14,21,24H,2,9-11,20H2,1H3,(H,22,23,25,26). The van der Waals surface area contributed by atoms with E-state index in [2.05, 4.69) is 37.6 Å². The zero-order valence-corrected chi connectivity index (χ0v) is 18.9. The number of tetrazole rings is 1. The van der Waals surface area contributed by atoms with Crippen LogP contribution in [0.15, 0.2) is 46.2 Å². The van der Waals surface area contributed by atoms with Gasteiger partial charge in [0.1, 0.15) is 0 Å². The van der Waals surface area contributed by atoms with E-state index in [-0.39, 0.29) is 5.25 Å². The quantitative estimate of drug-likeness (QED) is 0.281. The lowest BCUT2D eigenvalue weighted by atomic mass is 9.99. The summed E-state index contributed by atoms with van der Waals surface area (Å²) in [5.74, 6) is 1.49. The Morgan fingerprint density at radius 3 is 2.63 bits per heavy atom. The van der Waals surface area contributed by atoms with Crippen LogP contribution >= 0.6 is 23.9 Å². The molecule has 1 saturated heterocycles. The molecule has 5 N–H and O–H groups in total. The second-order valence-electron chi connectivity index (χ2n) is 6.77. The van der Waals surface area contributed by atoms with E-state index in [0.29, 0.717) is 10.7 Å². The Balaban J connectivity index is 1.75. The molecule has 3 aromatic rings. The van der Waals surface area contributed by atoms with Gasteiger partial charge >= 0.3 is 0 Å². The van der Waals surface area contributed by atoms with Crippen LogP contribution in [0, 0.1) is 0 Å². The summed E-state index contributed by atoms with van der Waals surface area (Å²) in [5.41, 5.74) is 3.71. The number of nitrogens with two attached hydrogens (primary N) is 1. The second-order valence-corrected chi connectivity index (χ2v) is 10.0. The van der Waals surface area contributed by atoms with Crippen molar-refractivity contribution in [3.8, 4) is 22.5 Å². The van der Waals surface area contributed by atoms with Crippen LogP contribution in [0.3, 0.4) is 0 Å². The van der Waals surface area contributed by atoms with Crippen molar-refractivity contribution in [3.63, 3.8) is 0 Å². The molecule has 0 spiro atoms. The van der Waals surface area contributed by atoms with Gasteiger partial charge in [0.05, 0.1) is 25.8 Å². The largest absolute Gasteiger partial charge is 0.330 e. The minimum Gasteiger partial charge on any atom is -0.330 e. The Morgan fingerprint density at radius 1 is 1.23 bits per heavy atom. The molecule has 0 radical (unpaired) electrons. The highest BCUT2D eigenvalue weighted by molar-refractivity contribution is 8.00. The minimum atomic E-state index is -1.16. The second kappa shape index (κ2) is 9.92. The zero-order valence-electron chi connectivity index (χ0n) is 16.4. The maximum absolute atomic E-state index is 13.1. The molecule has 1 atom stereocenters. The lowest BCUT2D eigenvalue weighted by Gasteiger charge is -2.27. The molecule has 30 heavy (non-hydrogen) atoms. The molecule has 158 valence electrons. The van der Waals surface area contributed by atoms with Crippen LogP contribution < -0.4 is 15.2 Å². The highest BCUT2D eigenvalue weighted by Gasteiger charge is 2.29. The van der Waals surface area contributed by atoms with Crippen LogP contribution in [0.25, 0.3) is 22.5 Å². The van der Waals surface area contributed by atoms with Gasteiger partial charge in [-0.25, -0.2) is 0 Å². The van der Waals surface area contributed by atoms with Crippen LogP contribution in [0.5, 0.6) is 0 Å². The number of aromatic amines is 1. The van der Waals surface area contributed by atoms with Gasteiger partial charge in [-0.2, -0.15) is 5.21 Å². The van der Waals surface area contributed by atoms with Crippen LogP contribution in [0.2, 0.25) is 0 Å². The first-order valence-corrected chi connectivity index (χ1v) is 12.7. The molecule has 0 aliphatic carbocycles. The number of H-pyrrole nitrogens is 1. The summed E-state index contributed by atoms with van der Waals surface area (Å²) in [6.07, 6.45) is 1.12. The Kier molecular flexibility index (Phi) is 7.05. The predicted molar refractivity (Wildman–Crippen MR) is 125 cm³/mol. The van der Waals surface area contributed by atoms with Crippen molar-refractivity contribution in [3.05, 3.63) is 36.4 Å². The summed E-state index contributed by atoms with van der Waals surface area (Å²) in [5, 5.41) is 23.9. The summed E-state index contributed by atoms with van der Waals surface area (Å²) >= 11 is 2.76. The fourth-order valence-electron chi connectivity index (χ4n) is 3.12. The Bertz CT molecular complexity index is 1010. The highest BCUT2D eigenvalue weighted by atomic mass is 32.2. The molecule has 2 aromatic carbocycles. The zero-order chi connectivity index (χ0) is 20.9. The van der Waals surface area contributed by atoms with Crippen molar-refractivity contribution in [2.75, 3.05) is 23.6 Å². The van der Waals surface area contributed by atoms with Gasteiger partial charge in [-0.3, -0.25) is 9.35 Å². The van der Waals surface area contributed by atoms with Gasteiger partial charge in [0, 0.05) is 30.1 Å². The molecule has 0 saturated carbocycles. The molecule has 8 nitrogen and oxygen atoms in total. The van der Waals surface area contributed by atoms with Gasteiger partial charge < -0.3 is 10.0 Å². The maximum atomic E-state index is 13.1. The van der Waals surface area contributed by atoms with Gasteiger partial charge in [0.2, 0.25) is 5.82 Å². The van der Waals surface area contributed by atoms with Crippen LogP contribution in [-0.2, 0) is 10.8 Å². The average Bonchev–Trinajstić information content (AvgIpc) is 3.26. The summed E-state index contributed by atoms with van der Waals surface area (Å²) in [6, 6.07) is 12.1. The Hall–Kier alpha value is -1.92. The predicted octanol–water partition coefficient (Wildman–Crippen LogP) is 3.05. The number of hydrogen-bond acceptors (Lipinski definition) is 9. The molecule has 2 heterocycles. The van der Waals surface area contributed by atoms with Gasteiger partial charge in [0.25, 0.3) is 0 Å². The van der Waals surface area contributed by atoms with Crippen molar-refractivity contribution < 1.29 is 4.21 Å². The first-order valence-electron chi connectivity index (χ1n) is 9.60. The highest BCUT2D eigenvalue weighted by Crippen LogP contribution is 2.40. The first kappa shape index (κ1) is 21.3. The van der Waals surface area contributed by atoms with Crippen molar-refractivity contribution in [2.45, 2.75) is 28.4 Å². The van der Waals surface area contributed by atoms with Crippen molar-refractivity contribution in [2.24, 2.45) is 5.14 Å². The summed E-state index contributed by atoms with van der Waals surface area (Å²) in [4.78, 5) is 1.44. The molecule has 0 amide bonds. The van der Waals surface area contributed by atoms with Crippen molar-refractivity contribution >= 4 is 40.4 Å². The Morgan fingerprint density at radius 2 is 2.03 bits per heavy atom. The molecule has 1 aliphatic heterocycles. The fraction of sp³-hybridized carbons (Fsp3) is 0.316. The number of nitrogens with one attached hydrogen (secondary N) is 3. The van der Waals surface area contributed by atoms with E-state index in [9.17, 15) is 4.21 Å². The normalized spacial score (nSPS) is 15.0. The maximum Gasteiger partial charge on any atom is 0.206 e. The fourth-order valence-corrected chi connectivity index (χ4v) is 6.00. The number of benzene rings is 2. The summed E-state index contributed by atoms with van der Waals surface area (Å²) < 4.78 is 16.4.